The molecule has 0 amide bonds. The van der Waals surface area contributed by atoms with Crippen molar-refractivity contribution in [3.8, 4) is 0 Å². The Bertz CT molecular complexity index is 560. The summed E-state index contributed by atoms with van der Waals surface area (Å²) in [5, 5.41) is 0.717. The number of hydrogen-bond acceptors (Lipinski definition) is 2. The second-order valence-corrected chi connectivity index (χ2v) is 5.65. The molecule has 0 bridgehead atoms. The third-order valence-corrected chi connectivity index (χ3v) is 4.78. The molecular weight excluding hydrogens is 416 g/mol. The largest absolute Gasteiger partial charge is 0.448 e. The molecule has 0 radical (unpaired) electrons. The number of benzene rings is 1. The third-order valence-electron chi connectivity index (χ3n) is 2.23. The summed E-state index contributed by atoms with van der Waals surface area (Å²) in [6.07, 6.45) is 1.69. The van der Waals surface area contributed by atoms with Crippen LogP contribution in [0.3, 0.4) is 0 Å². The minimum absolute atomic E-state index is 0.709. The number of halogens is 3. The standard InChI is InChI=1S/C12H8BrClINO/c1-7-10(14)3-2-4-11(7)16-6-8-5-9(13)12(15)17-8/h2-6H,1H3. The van der Waals surface area contributed by atoms with E-state index in [0.29, 0.717) is 5.76 Å². The minimum Gasteiger partial charge on any atom is -0.448 e. The number of furan rings is 1. The summed E-state index contributed by atoms with van der Waals surface area (Å²) < 4.78 is 7.21. The molecule has 0 saturated heterocycles. The predicted molar refractivity (Wildman–Crippen MR) is 82.6 cm³/mol. The van der Waals surface area contributed by atoms with Gasteiger partial charge >= 0.3 is 0 Å². The molecule has 2 nitrogen and oxygen atoms in total. The van der Waals surface area contributed by atoms with Crippen LogP contribution in [0.25, 0.3) is 0 Å². The molecule has 0 aliphatic rings. The van der Waals surface area contributed by atoms with Gasteiger partial charge in [-0.15, -0.1) is 0 Å². The first kappa shape index (κ1) is 13.1. The van der Waals surface area contributed by atoms with Crippen LogP contribution >= 0.6 is 50.1 Å². The van der Waals surface area contributed by atoms with Crippen molar-refractivity contribution in [2.24, 2.45) is 4.99 Å². The van der Waals surface area contributed by atoms with Gasteiger partial charge in [0.05, 0.1) is 16.4 Å². The third kappa shape index (κ3) is 3.11. The average Bonchev–Trinajstić information content (AvgIpc) is 2.61. The normalized spacial score (nSPS) is 11.3. The topological polar surface area (TPSA) is 25.5 Å². The van der Waals surface area contributed by atoms with Gasteiger partial charge in [-0.1, -0.05) is 17.7 Å². The van der Waals surface area contributed by atoms with E-state index >= 15 is 0 Å². The fourth-order valence-corrected chi connectivity index (χ4v) is 2.18. The van der Waals surface area contributed by atoms with Crippen LogP contribution in [0.1, 0.15) is 11.3 Å². The van der Waals surface area contributed by atoms with E-state index in [1.54, 1.807) is 6.21 Å². The van der Waals surface area contributed by atoms with Crippen molar-refractivity contribution < 1.29 is 4.42 Å². The van der Waals surface area contributed by atoms with Gasteiger partial charge in [0.15, 0.2) is 3.77 Å². The van der Waals surface area contributed by atoms with Crippen LogP contribution in [0.2, 0.25) is 5.02 Å². The van der Waals surface area contributed by atoms with E-state index in [2.05, 4.69) is 43.5 Å². The molecule has 1 aromatic heterocycles. The van der Waals surface area contributed by atoms with E-state index in [9.17, 15) is 0 Å². The second-order valence-electron chi connectivity index (χ2n) is 3.41. The fraction of sp³-hybridized carbons (Fsp3) is 0.0833. The van der Waals surface area contributed by atoms with Crippen molar-refractivity contribution in [3.05, 3.63) is 48.9 Å². The fourth-order valence-electron chi connectivity index (χ4n) is 1.30. The monoisotopic (exact) mass is 423 g/mol. The first-order valence-electron chi connectivity index (χ1n) is 4.82. The van der Waals surface area contributed by atoms with Gasteiger partial charge in [-0.25, -0.2) is 0 Å². The van der Waals surface area contributed by atoms with Crippen LogP contribution in [0.4, 0.5) is 5.69 Å². The van der Waals surface area contributed by atoms with Gasteiger partial charge in [-0.3, -0.25) is 4.99 Å². The first-order chi connectivity index (χ1) is 8.08. The maximum atomic E-state index is 6.02. The molecule has 2 rings (SSSR count). The predicted octanol–water partition coefficient (Wildman–Crippen LogP) is 5.36. The Morgan fingerprint density at radius 3 is 2.88 bits per heavy atom. The molecule has 1 aromatic carbocycles. The number of aliphatic imine (C=N–C) groups is 1. The number of rotatable bonds is 2. The highest BCUT2D eigenvalue weighted by Crippen LogP contribution is 2.26. The zero-order valence-corrected chi connectivity index (χ0v) is 13.4. The van der Waals surface area contributed by atoms with Crippen molar-refractivity contribution in [1.82, 2.24) is 0 Å². The van der Waals surface area contributed by atoms with Crippen molar-refractivity contribution in [2.45, 2.75) is 6.92 Å². The lowest BCUT2D eigenvalue weighted by Gasteiger charge is -2.00. The Kier molecular flexibility index (Phi) is 4.27. The van der Waals surface area contributed by atoms with Gasteiger partial charge in [0.25, 0.3) is 0 Å². The highest BCUT2D eigenvalue weighted by atomic mass is 127. The lowest BCUT2D eigenvalue weighted by Crippen LogP contribution is -1.78. The highest BCUT2D eigenvalue weighted by Gasteiger charge is 2.04. The molecule has 1 heterocycles. The van der Waals surface area contributed by atoms with E-state index in [-0.39, 0.29) is 0 Å². The van der Waals surface area contributed by atoms with E-state index in [0.717, 1.165) is 24.5 Å². The molecule has 0 N–H and O–H groups in total. The molecule has 0 atom stereocenters. The minimum atomic E-state index is 0.709. The smallest absolute Gasteiger partial charge is 0.178 e. The molecule has 0 saturated carbocycles. The van der Waals surface area contributed by atoms with E-state index < -0.39 is 0 Å². The molecule has 0 fully saturated rings. The maximum absolute atomic E-state index is 6.02. The summed E-state index contributed by atoms with van der Waals surface area (Å²) >= 11 is 11.5. The van der Waals surface area contributed by atoms with Gasteiger partial charge in [0.2, 0.25) is 0 Å². The molecule has 0 aliphatic heterocycles. The molecule has 17 heavy (non-hydrogen) atoms. The van der Waals surface area contributed by atoms with Crippen LogP contribution < -0.4 is 0 Å². The Labute approximate surface area is 126 Å². The van der Waals surface area contributed by atoms with Gasteiger partial charge in [0.1, 0.15) is 5.76 Å². The van der Waals surface area contributed by atoms with Gasteiger partial charge in [-0.2, -0.15) is 0 Å². The van der Waals surface area contributed by atoms with E-state index in [1.165, 1.54) is 0 Å². The molecule has 0 spiro atoms. The quantitative estimate of drug-likeness (QED) is 0.471. The maximum Gasteiger partial charge on any atom is 0.178 e. The van der Waals surface area contributed by atoms with Crippen LogP contribution in [-0.2, 0) is 0 Å². The average molecular weight is 424 g/mol. The first-order valence-corrected chi connectivity index (χ1v) is 7.07. The highest BCUT2D eigenvalue weighted by molar-refractivity contribution is 14.1. The molecular formula is C12H8BrClINO. The SMILES string of the molecule is Cc1c(Cl)cccc1N=Cc1cc(Br)c(I)o1. The van der Waals surface area contributed by atoms with Crippen molar-refractivity contribution >= 4 is 62.0 Å². The summed E-state index contributed by atoms with van der Waals surface area (Å²) in [6, 6.07) is 7.53. The van der Waals surface area contributed by atoms with E-state index in [4.69, 9.17) is 16.0 Å². The van der Waals surface area contributed by atoms with Gasteiger partial charge < -0.3 is 4.42 Å². The molecule has 88 valence electrons. The summed E-state index contributed by atoms with van der Waals surface area (Å²) in [6.45, 7) is 1.94. The second kappa shape index (κ2) is 5.54. The summed E-state index contributed by atoms with van der Waals surface area (Å²) in [4.78, 5) is 4.36. The molecule has 0 unspecified atom stereocenters. The van der Waals surface area contributed by atoms with Crippen molar-refractivity contribution in [1.29, 1.82) is 0 Å². The van der Waals surface area contributed by atoms with E-state index in [1.807, 2.05) is 31.2 Å². The van der Waals surface area contributed by atoms with Crippen LogP contribution in [0, 0.1) is 10.7 Å². The van der Waals surface area contributed by atoms with Crippen LogP contribution in [-0.4, -0.2) is 6.21 Å². The van der Waals surface area contributed by atoms with Crippen molar-refractivity contribution in [3.63, 3.8) is 0 Å². The Balaban J connectivity index is 2.29. The Morgan fingerprint density at radius 1 is 1.47 bits per heavy atom. The zero-order valence-electron chi connectivity index (χ0n) is 8.88. The van der Waals surface area contributed by atoms with Gasteiger partial charge in [0, 0.05) is 33.7 Å². The zero-order chi connectivity index (χ0) is 12.4. The Hall–Kier alpha value is -0.330. The summed E-state index contributed by atoms with van der Waals surface area (Å²) in [7, 11) is 0. The summed E-state index contributed by atoms with van der Waals surface area (Å²) in [5.41, 5.74) is 1.81. The lowest BCUT2D eigenvalue weighted by atomic mass is 10.2. The van der Waals surface area contributed by atoms with Gasteiger partial charge in [-0.05, 0) is 40.5 Å². The van der Waals surface area contributed by atoms with Crippen molar-refractivity contribution in [2.75, 3.05) is 0 Å². The number of nitrogens with zero attached hydrogens (tertiary/aromatic N) is 1. The Morgan fingerprint density at radius 2 is 2.24 bits per heavy atom. The lowest BCUT2D eigenvalue weighted by molar-refractivity contribution is 0.530. The molecule has 2 aromatic rings. The van der Waals surface area contributed by atoms with Crippen LogP contribution in [0.15, 0.2) is 38.1 Å². The molecule has 5 heteroatoms. The summed E-state index contributed by atoms with van der Waals surface area (Å²) in [5.74, 6) is 0.709. The van der Waals surface area contributed by atoms with Crippen LogP contribution in [0.5, 0.6) is 0 Å². The number of hydrogen-bond donors (Lipinski definition) is 0. The molecule has 0 aliphatic carbocycles.